The average molecular weight is 364 g/mol. The molecule has 1 heterocycles. The van der Waals surface area contributed by atoms with Gasteiger partial charge in [0.1, 0.15) is 0 Å². The van der Waals surface area contributed by atoms with E-state index in [0.29, 0.717) is 11.1 Å². The van der Waals surface area contributed by atoms with Crippen LogP contribution in [0.1, 0.15) is 0 Å². The summed E-state index contributed by atoms with van der Waals surface area (Å²) >= 11 is 0. The van der Waals surface area contributed by atoms with Gasteiger partial charge in [-0.05, 0) is 12.1 Å². The van der Waals surface area contributed by atoms with Gasteiger partial charge in [-0.1, -0.05) is 36.4 Å². The molecule has 9 heteroatoms. The van der Waals surface area contributed by atoms with Crippen molar-refractivity contribution in [3.8, 4) is 11.1 Å². The molecule has 0 saturated heterocycles. The maximum Gasteiger partial charge on any atom is 0.524 e. The molecule has 4 nitrogen and oxygen atoms in total. The van der Waals surface area contributed by atoms with Crippen LogP contribution in [0.15, 0.2) is 58.3 Å². The van der Waals surface area contributed by atoms with Crippen molar-refractivity contribution in [1.82, 2.24) is 0 Å². The number of fused-ring (bicyclic) bond motifs is 3. The Kier molecular flexibility index (Phi) is 3.71. The van der Waals surface area contributed by atoms with Gasteiger partial charge in [-0.15, -0.1) is 14.2 Å². The lowest BCUT2D eigenvalue weighted by atomic mass is 10.1. The molecule has 0 radical (unpaired) electrons. The standard InChI is InChI=1S/C14H11F3O4S2/c1-20-22(21-23(18,19)14(15,16)17)12-8-4-2-6-10(12)11-7-3-5-9-13(11)22/h2-9H,1H3. The summed E-state index contributed by atoms with van der Waals surface area (Å²) in [5, 5.41) is 0. The van der Waals surface area contributed by atoms with Gasteiger partial charge in [0, 0.05) is 11.1 Å². The van der Waals surface area contributed by atoms with E-state index < -0.39 is 26.2 Å². The molecule has 23 heavy (non-hydrogen) atoms. The first-order valence-corrected chi connectivity index (χ1v) is 9.22. The number of halogens is 3. The van der Waals surface area contributed by atoms with Crippen LogP contribution >= 0.6 is 10.6 Å². The summed E-state index contributed by atoms with van der Waals surface area (Å²) in [4.78, 5) is 0.577. The van der Waals surface area contributed by atoms with Gasteiger partial charge in [-0.3, -0.25) is 4.18 Å². The Morgan fingerprint density at radius 1 is 0.913 bits per heavy atom. The smallest absolute Gasteiger partial charge is 0.277 e. The van der Waals surface area contributed by atoms with E-state index in [1.807, 2.05) is 0 Å². The predicted molar refractivity (Wildman–Crippen MR) is 79.1 cm³/mol. The zero-order valence-electron chi connectivity index (χ0n) is 11.7. The number of hydrogen-bond donors (Lipinski definition) is 0. The van der Waals surface area contributed by atoms with Crippen molar-refractivity contribution in [2.24, 2.45) is 0 Å². The molecule has 1 aliphatic heterocycles. The highest BCUT2D eigenvalue weighted by molar-refractivity contribution is 8.30. The summed E-state index contributed by atoms with van der Waals surface area (Å²) in [6.45, 7) is 0. The topological polar surface area (TPSA) is 52.6 Å². The van der Waals surface area contributed by atoms with E-state index in [9.17, 15) is 21.6 Å². The second-order valence-corrected chi connectivity index (χ2v) is 8.77. The van der Waals surface area contributed by atoms with Gasteiger partial charge in [0.2, 0.25) is 0 Å². The summed E-state index contributed by atoms with van der Waals surface area (Å²) in [5.74, 6) is 0. The lowest BCUT2D eigenvalue weighted by Gasteiger charge is -2.38. The van der Waals surface area contributed by atoms with Crippen molar-refractivity contribution in [3.63, 3.8) is 0 Å². The molecule has 0 aliphatic carbocycles. The quantitative estimate of drug-likeness (QED) is 0.765. The van der Waals surface area contributed by atoms with Crippen LogP contribution in [0.5, 0.6) is 0 Å². The minimum atomic E-state index is -5.83. The number of alkyl halides is 3. The zero-order chi connectivity index (χ0) is 16.9. The van der Waals surface area contributed by atoms with Crippen LogP contribution in [0.4, 0.5) is 13.2 Å². The van der Waals surface area contributed by atoms with Gasteiger partial charge in [0.15, 0.2) is 0 Å². The van der Waals surface area contributed by atoms with Crippen LogP contribution in [-0.2, 0) is 17.9 Å². The van der Waals surface area contributed by atoms with Crippen LogP contribution in [0.25, 0.3) is 11.1 Å². The molecule has 0 bridgehead atoms. The lowest BCUT2D eigenvalue weighted by molar-refractivity contribution is -0.0499. The third-order valence-corrected chi connectivity index (χ3v) is 7.74. The molecule has 0 unspecified atom stereocenters. The molecule has 3 rings (SSSR count). The van der Waals surface area contributed by atoms with Gasteiger partial charge in [-0.2, -0.15) is 21.6 Å². The second-order valence-electron chi connectivity index (χ2n) is 4.63. The molecule has 2 aromatic rings. The summed E-state index contributed by atoms with van der Waals surface area (Å²) in [6, 6.07) is 13.0. The SMILES string of the molecule is COS1(OS(=O)(=O)C(F)(F)F)c2ccccc2-c2ccccc21. The zero-order valence-corrected chi connectivity index (χ0v) is 13.3. The monoisotopic (exact) mass is 364 g/mol. The highest BCUT2D eigenvalue weighted by Crippen LogP contribution is 2.73. The minimum absolute atomic E-state index is 0.288. The Bertz CT molecular complexity index is 817. The van der Waals surface area contributed by atoms with Gasteiger partial charge >= 0.3 is 15.6 Å². The fraction of sp³-hybridized carbons (Fsp3) is 0.143. The van der Waals surface area contributed by atoms with Crippen molar-refractivity contribution < 1.29 is 29.4 Å². The first-order valence-electron chi connectivity index (χ1n) is 6.33. The average Bonchev–Trinajstić information content (AvgIpc) is 2.78. The molecule has 0 saturated carbocycles. The maximum absolute atomic E-state index is 12.8. The Morgan fingerprint density at radius 3 is 1.74 bits per heavy atom. The van der Waals surface area contributed by atoms with Crippen LogP contribution in [-0.4, -0.2) is 21.0 Å². The van der Waals surface area contributed by atoms with E-state index in [1.54, 1.807) is 36.4 Å². The fourth-order valence-electron chi connectivity index (χ4n) is 2.41. The molecule has 0 amide bonds. The number of hydrogen-bond acceptors (Lipinski definition) is 4. The first-order chi connectivity index (χ1) is 10.7. The minimum Gasteiger partial charge on any atom is -0.277 e. The molecule has 0 atom stereocenters. The Hall–Kier alpha value is -1.55. The van der Waals surface area contributed by atoms with E-state index >= 15 is 0 Å². The van der Waals surface area contributed by atoms with Crippen molar-refractivity contribution in [2.75, 3.05) is 7.11 Å². The maximum atomic E-state index is 12.8. The van der Waals surface area contributed by atoms with Crippen LogP contribution < -0.4 is 0 Å². The Labute approximate surface area is 132 Å². The largest absolute Gasteiger partial charge is 0.524 e. The third-order valence-electron chi connectivity index (χ3n) is 3.35. The van der Waals surface area contributed by atoms with Crippen molar-refractivity contribution in [3.05, 3.63) is 48.5 Å². The van der Waals surface area contributed by atoms with E-state index in [0.717, 1.165) is 7.11 Å². The van der Waals surface area contributed by atoms with Crippen molar-refractivity contribution in [2.45, 2.75) is 15.3 Å². The molecule has 1 aliphatic rings. The van der Waals surface area contributed by atoms with Gasteiger partial charge in [-0.25, -0.2) is 0 Å². The molecule has 0 fully saturated rings. The summed E-state index contributed by atoms with van der Waals surface area (Å²) < 4.78 is 71.5. The summed E-state index contributed by atoms with van der Waals surface area (Å²) in [6.07, 6.45) is 0. The normalized spacial score (nSPS) is 17.4. The molecular weight excluding hydrogens is 353 g/mol. The molecule has 0 N–H and O–H groups in total. The van der Waals surface area contributed by atoms with Gasteiger partial charge in [0.05, 0.1) is 16.9 Å². The van der Waals surface area contributed by atoms with Crippen molar-refractivity contribution >= 4 is 20.7 Å². The summed E-state index contributed by atoms with van der Waals surface area (Å²) in [5.41, 5.74) is -4.34. The van der Waals surface area contributed by atoms with Gasteiger partial charge in [0.25, 0.3) is 0 Å². The van der Waals surface area contributed by atoms with E-state index in [2.05, 4.69) is 3.63 Å². The second kappa shape index (κ2) is 5.23. The molecule has 2 aromatic carbocycles. The molecule has 0 aromatic heterocycles. The summed E-state index contributed by atoms with van der Waals surface area (Å²) in [7, 11) is -7.95. The first kappa shape index (κ1) is 16.3. The van der Waals surface area contributed by atoms with Gasteiger partial charge < -0.3 is 0 Å². The third kappa shape index (κ3) is 2.35. The van der Waals surface area contributed by atoms with Crippen LogP contribution in [0, 0.1) is 0 Å². The van der Waals surface area contributed by atoms with Crippen LogP contribution in [0.3, 0.4) is 0 Å². The van der Waals surface area contributed by atoms with E-state index in [1.165, 1.54) is 12.1 Å². The number of benzene rings is 2. The highest BCUT2D eigenvalue weighted by atomic mass is 32.3. The Morgan fingerprint density at radius 2 is 1.35 bits per heavy atom. The molecule has 124 valence electrons. The Balaban J connectivity index is 2.27. The fourth-order valence-corrected chi connectivity index (χ4v) is 6.58. The van der Waals surface area contributed by atoms with Crippen molar-refractivity contribution in [1.29, 1.82) is 0 Å². The lowest BCUT2D eigenvalue weighted by Crippen LogP contribution is -2.27. The molecular formula is C14H11F3O4S2. The van der Waals surface area contributed by atoms with E-state index in [-0.39, 0.29) is 9.79 Å². The highest BCUT2D eigenvalue weighted by Gasteiger charge is 2.53. The molecule has 0 spiro atoms. The van der Waals surface area contributed by atoms with E-state index in [4.69, 9.17) is 4.18 Å². The predicted octanol–water partition coefficient (Wildman–Crippen LogP) is 4.23. The van der Waals surface area contributed by atoms with Crippen LogP contribution in [0.2, 0.25) is 0 Å². The number of rotatable bonds is 3.